The lowest BCUT2D eigenvalue weighted by Gasteiger charge is -2.29. The molecule has 0 spiro atoms. The Morgan fingerprint density at radius 1 is 1.80 bits per heavy atom. The van der Waals surface area contributed by atoms with Crippen molar-refractivity contribution in [3.63, 3.8) is 0 Å². The van der Waals surface area contributed by atoms with Crippen molar-refractivity contribution in [1.82, 2.24) is 5.32 Å². The third kappa shape index (κ3) is 1.98. The molecule has 1 aliphatic heterocycles. The number of hydrogen-bond acceptors (Lipinski definition) is 3. The molecule has 0 radical (unpaired) electrons. The van der Waals surface area contributed by atoms with E-state index in [-0.39, 0.29) is 0 Å². The van der Waals surface area contributed by atoms with Crippen molar-refractivity contribution >= 4 is 0 Å². The van der Waals surface area contributed by atoms with Crippen molar-refractivity contribution in [2.75, 3.05) is 13.2 Å². The highest BCUT2D eigenvalue weighted by Gasteiger charge is 2.19. The topological polar surface area (TPSA) is 45.0 Å². The molecule has 3 nitrogen and oxygen atoms in total. The van der Waals surface area contributed by atoms with E-state index in [1.807, 2.05) is 6.92 Å². The van der Waals surface area contributed by atoms with Gasteiger partial charge in [-0.1, -0.05) is 0 Å². The number of hydrogen-bond donors (Lipinski definition) is 1. The Balaban J connectivity index is 2.06. The van der Waals surface area contributed by atoms with Gasteiger partial charge in [-0.15, -0.1) is 0 Å². The molecule has 0 saturated carbocycles. The van der Waals surface area contributed by atoms with Crippen LogP contribution < -0.4 is 5.32 Å². The summed E-state index contributed by atoms with van der Waals surface area (Å²) in [4.78, 5) is 0. The Morgan fingerprint density at radius 2 is 2.50 bits per heavy atom. The van der Waals surface area contributed by atoms with E-state index >= 15 is 0 Å². The zero-order valence-electron chi connectivity index (χ0n) is 6.13. The first-order chi connectivity index (χ1) is 4.83. The predicted octanol–water partition coefficient (Wildman–Crippen LogP) is 0.277. The van der Waals surface area contributed by atoms with E-state index in [0.29, 0.717) is 18.5 Å². The van der Waals surface area contributed by atoms with Gasteiger partial charge in [0.25, 0.3) is 0 Å². The molecule has 1 unspecified atom stereocenters. The number of rotatable bonds is 3. The summed E-state index contributed by atoms with van der Waals surface area (Å²) in [7, 11) is 0. The predicted molar refractivity (Wildman–Crippen MR) is 37.4 cm³/mol. The summed E-state index contributed by atoms with van der Waals surface area (Å²) >= 11 is 0. The first-order valence-corrected chi connectivity index (χ1v) is 3.53. The van der Waals surface area contributed by atoms with Gasteiger partial charge >= 0.3 is 0 Å². The van der Waals surface area contributed by atoms with Crippen LogP contribution in [-0.4, -0.2) is 25.3 Å². The van der Waals surface area contributed by atoms with Gasteiger partial charge in [-0.05, 0) is 6.92 Å². The minimum absolute atomic E-state index is 0.305. The smallest absolute Gasteiger partial charge is 0.0643 e. The Bertz CT molecular complexity index is 137. The fraction of sp³-hybridized carbons (Fsp3) is 0.857. The van der Waals surface area contributed by atoms with Gasteiger partial charge in [0.1, 0.15) is 0 Å². The molecule has 0 aliphatic carbocycles. The minimum atomic E-state index is 0.305. The van der Waals surface area contributed by atoms with Gasteiger partial charge in [0.15, 0.2) is 0 Å². The molecule has 1 aliphatic rings. The first-order valence-electron chi connectivity index (χ1n) is 3.53. The van der Waals surface area contributed by atoms with Gasteiger partial charge in [0, 0.05) is 6.04 Å². The maximum atomic E-state index is 8.32. The fourth-order valence-electron chi connectivity index (χ4n) is 0.930. The van der Waals surface area contributed by atoms with Crippen LogP contribution in [0.1, 0.15) is 13.3 Å². The van der Waals surface area contributed by atoms with Crippen LogP contribution in [0.25, 0.3) is 0 Å². The van der Waals surface area contributed by atoms with E-state index in [2.05, 4.69) is 11.4 Å². The molecule has 0 amide bonds. The lowest BCUT2D eigenvalue weighted by atomic mass is 10.2. The highest BCUT2D eigenvalue weighted by Crippen LogP contribution is 2.01. The van der Waals surface area contributed by atoms with Gasteiger partial charge in [-0.2, -0.15) is 5.26 Å². The van der Waals surface area contributed by atoms with Crippen LogP contribution in [0.5, 0.6) is 0 Å². The summed E-state index contributed by atoms with van der Waals surface area (Å²) in [6, 6.07) is 2.91. The van der Waals surface area contributed by atoms with Gasteiger partial charge in [-0.25, -0.2) is 0 Å². The summed E-state index contributed by atoms with van der Waals surface area (Å²) in [6.45, 7) is 3.62. The third-order valence-corrected chi connectivity index (χ3v) is 1.56. The summed E-state index contributed by atoms with van der Waals surface area (Å²) in [5.74, 6) is 0. The van der Waals surface area contributed by atoms with Crippen LogP contribution in [-0.2, 0) is 4.74 Å². The standard InChI is InChI=1S/C7H12N2O/c1-6(2-3-8)9-7-4-10-5-7/h6-7,9H,2,4-5H2,1H3. The molecule has 1 N–H and O–H groups in total. The van der Waals surface area contributed by atoms with Gasteiger partial charge < -0.3 is 10.1 Å². The quantitative estimate of drug-likeness (QED) is 0.612. The fourth-order valence-corrected chi connectivity index (χ4v) is 0.930. The van der Waals surface area contributed by atoms with Crippen molar-refractivity contribution in [2.24, 2.45) is 0 Å². The van der Waals surface area contributed by atoms with E-state index in [4.69, 9.17) is 10.00 Å². The maximum Gasteiger partial charge on any atom is 0.0643 e. The lowest BCUT2D eigenvalue weighted by Crippen LogP contribution is -2.49. The van der Waals surface area contributed by atoms with Crippen molar-refractivity contribution in [3.05, 3.63) is 0 Å². The van der Waals surface area contributed by atoms with Gasteiger partial charge in [0.05, 0.1) is 31.7 Å². The number of nitriles is 1. The average Bonchev–Trinajstić information content (AvgIpc) is 1.80. The molecule has 0 aromatic carbocycles. The normalized spacial score (nSPS) is 21.2. The second kappa shape index (κ2) is 3.55. The van der Waals surface area contributed by atoms with Crippen molar-refractivity contribution in [2.45, 2.75) is 25.4 Å². The highest BCUT2D eigenvalue weighted by molar-refractivity contribution is 4.82. The second-order valence-electron chi connectivity index (χ2n) is 2.66. The van der Waals surface area contributed by atoms with Crippen molar-refractivity contribution in [3.8, 4) is 6.07 Å². The Hall–Kier alpha value is -0.590. The van der Waals surface area contributed by atoms with E-state index in [1.165, 1.54) is 0 Å². The van der Waals surface area contributed by atoms with Crippen LogP contribution >= 0.6 is 0 Å². The Kier molecular flexibility index (Phi) is 2.67. The minimum Gasteiger partial charge on any atom is -0.378 e. The highest BCUT2D eigenvalue weighted by atomic mass is 16.5. The molecular weight excluding hydrogens is 128 g/mol. The van der Waals surface area contributed by atoms with Crippen LogP contribution in [0, 0.1) is 11.3 Å². The van der Waals surface area contributed by atoms with Gasteiger partial charge in [-0.3, -0.25) is 0 Å². The lowest BCUT2D eigenvalue weighted by molar-refractivity contribution is -0.00889. The summed E-state index contributed by atoms with van der Waals surface area (Å²) in [6.07, 6.45) is 0.580. The molecule has 0 aromatic rings. The molecule has 56 valence electrons. The average molecular weight is 140 g/mol. The summed E-state index contributed by atoms with van der Waals surface area (Å²) in [5, 5.41) is 11.6. The molecule has 1 heterocycles. The number of ether oxygens (including phenoxy) is 1. The molecular formula is C7H12N2O. The number of nitrogens with one attached hydrogen (secondary N) is 1. The zero-order chi connectivity index (χ0) is 7.40. The third-order valence-electron chi connectivity index (χ3n) is 1.56. The SMILES string of the molecule is CC(CC#N)NC1COC1. The molecule has 1 atom stereocenters. The zero-order valence-corrected chi connectivity index (χ0v) is 6.13. The van der Waals surface area contributed by atoms with E-state index < -0.39 is 0 Å². The number of nitrogens with zero attached hydrogens (tertiary/aromatic N) is 1. The van der Waals surface area contributed by atoms with Crippen molar-refractivity contribution in [1.29, 1.82) is 5.26 Å². The molecule has 0 bridgehead atoms. The van der Waals surface area contributed by atoms with Crippen LogP contribution in [0.4, 0.5) is 0 Å². The molecule has 3 heteroatoms. The summed E-state index contributed by atoms with van der Waals surface area (Å²) < 4.78 is 4.97. The summed E-state index contributed by atoms with van der Waals surface area (Å²) in [5.41, 5.74) is 0. The largest absolute Gasteiger partial charge is 0.378 e. The molecule has 1 fully saturated rings. The first kappa shape index (κ1) is 7.52. The van der Waals surface area contributed by atoms with Crippen LogP contribution in [0.3, 0.4) is 0 Å². The monoisotopic (exact) mass is 140 g/mol. The maximum absolute atomic E-state index is 8.32. The van der Waals surface area contributed by atoms with Gasteiger partial charge in [0.2, 0.25) is 0 Å². The van der Waals surface area contributed by atoms with Crippen LogP contribution in [0.2, 0.25) is 0 Å². The molecule has 1 saturated heterocycles. The van der Waals surface area contributed by atoms with Crippen molar-refractivity contribution < 1.29 is 4.74 Å². The Labute approximate surface area is 61.0 Å². The van der Waals surface area contributed by atoms with E-state index in [9.17, 15) is 0 Å². The van der Waals surface area contributed by atoms with E-state index in [1.54, 1.807) is 0 Å². The molecule has 1 rings (SSSR count). The van der Waals surface area contributed by atoms with E-state index in [0.717, 1.165) is 13.2 Å². The molecule has 0 aromatic heterocycles. The van der Waals surface area contributed by atoms with Crippen LogP contribution in [0.15, 0.2) is 0 Å². The molecule has 10 heavy (non-hydrogen) atoms. The second-order valence-corrected chi connectivity index (χ2v) is 2.66. The Morgan fingerprint density at radius 3 is 2.90 bits per heavy atom.